The fourth-order valence-electron chi connectivity index (χ4n) is 3.16. The van der Waals surface area contributed by atoms with Gasteiger partial charge in [-0.2, -0.15) is 0 Å². The summed E-state index contributed by atoms with van der Waals surface area (Å²) in [6, 6.07) is 5.93. The summed E-state index contributed by atoms with van der Waals surface area (Å²) in [5.41, 5.74) is 0.423. The van der Waals surface area contributed by atoms with Crippen molar-refractivity contribution in [3.05, 3.63) is 28.8 Å². The number of piperidine rings is 1. The molecule has 3 rings (SSSR count). The van der Waals surface area contributed by atoms with Gasteiger partial charge < -0.3 is 15.4 Å². The van der Waals surface area contributed by atoms with E-state index in [4.69, 9.17) is 16.3 Å². The summed E-state index contributed by atoms with van der Waals surface area (Å²) in [6.45, 7) is 1.62. The van der Waals surface area contributed by atoms with Gasteiger partial charge in [-0.25, -0.2) is 0 Å². The average molecular weight is 377 g/mol. The molecule has 1 fully saturated rings. The molecule has 7 heteroatoms. The second-order valence-electron chi connectivity index (χ2n) is 5.79. The molecule has 2 aliphatic rings. The molecule has 1 saturated heterocycles. The Labute approximate surface area is 152 Å². The lowest BCUT2D eigenvalue weighted by molar-refractivity contribution is -0.147. The summed E-state index contributed by atoms with van der Waals surface area (Å²) in [7, 11) is 1.63. The van der Waals surface area contributed by atoms with Crippen LogP contribution in [0, 0.1) is 0 Å². The zero-order valence-corrected chi connectivity index (χ0v) is 15.5. The van der Waals surface area contributed by atoms with Gasteiger partial charge in [0.2, 0.25) is 0 Å². The number of nitrogens with one attached hydrogen (secondary N) is 2. The molecule has 0 bridgehead atoms. The van der Waals surface area contributed by atoms with Crippen LogP contribution in [0.25, 0.3) is 0 Å². The summed E-state index contributed by atoms with van der Waals surface area (Å²) < 4.78 is 5.61. The van der Waals surface area contributed by atoms with Crippen molar-refractivity contribution in [2.24, 2.45) is 0 Å². The van der Waals surface area contributed by atoms with Crippen molar-refractivity contribution in [3.63, 3.8) is 0 Å². The molecule has 4 nitrogen and oxygen atoms in total. The molecule has 2 aliphatic heterocycles. The van der Waals surface area contributed by atoms with Crippen LogP contribution in [0.3, 0.4) is 0 Å². The molecule has 0 aliphatic carbocycles. The van der Waals surface area contributed by atoms with Crippen LogP contribution in [-0.2, 0) is 9.53 Å². The largest absolute Gasteiger partial charge is 0.368 e. The molecule has 1 amide bonds. The lowest BCUT2D eigenvalue weighted by Crippen LogP contribution is -2.54. The number of hydrogen-bond acceptors (Lipinski definition) is 4. The minimum Gasteiger partial charge on any atom is -0.368 e. The maximum absolute atomic E-state index is 12.8. The van der Waals surface area contributed by atoms with Crippen molar-refractivity contribution in [2.45, 2.75) is 35.8 Å². The fourth-order valence-corrected chi connectivity index (χ4v) is 4.45. The third-order valence-corrected chi connectivity index (χ3v) is 5.89. The smallest absolute Gasteiger partial charge is 0.252 e. The predicted molar refractivity (Wildman–Crippen MR) is 96.8 cm³/mol. The van der Waals surface area contributed by atoms with E-state index in [1.165, 1.54) is 4.90 Å². The molecule has 2 heterocycles. The first-order valence-electron chi connectivity index (χ1n) is 7.64. The van der Waals surface area contributed by atoms with Crippen LogP contribution in [0.15, 0.2) is 23.1 Å². The van der Waals surface area contributed by atoms with Crippen molar-refractivity contribution in [1.82, 2.24) is 10.6 Å². The number of ether oxygens (including phenoxy) is 1. The Balaban J connectivity index is 0.00000192. The van der Waals surface area contributed by atoms with Crippen molar-refractivity contribution < 1.29 is 9.53 Å². The summed E-state index contributed by atoms with van der Waals surface area (Å²) >= 11 is 7.94. The maximum atomic E-state index is 12.8. The van der Waals surface area contributed by atoms with Crippen LogP contribution < -0.4 is 10.6 Å². The first kappa shape index (κ1) is 18.9. The maximum Gasteiger partial charge on any atom is 0.252 e. The van der Waals surface area contributed by atoms with E-state index in [1.807, 2.05) is 30.0 Å². The first-order valence-corrected chi connectivity index (χ1v) is 9.00. The van der Waals surface area contributed by atoms with Gasteiger partial charge in [-0.15, -0.1) is 24.2 Å². The van der Waals surface area contributed by atoms with Gasteiger partial charge >= 0.3 is 0 Å². The summed E-state index contributed by atoms with van der Waals surface area (Å²) in [5.74, 6) is 1.00. The molecular formula is C16H22Cl2N2O2S. The van der Waals surface area contributed by atoms with Gasteiger partial charge in [0.25, 0.3) is 5.91 Å². The van der Waals surface area contributed by atoms with E-state index in [2.05, 4.69) is 10.6 Å². The van der Waals surface area contributed by atoms with E-state index >= 15 is 0 Å². The highest BCUT2D eigenvalue weighted by molar-refractivity contribution is 7.99. The van der Waals surface area contributed by atoms with Crippen LogP contribution in [0.1, 0.15) is 30.9 Å². The Morgan fingerprint density at radius 3 is 2.87 bits per heavy atom. The van der Waals surface area contributed by atoms with E-state index < -0.39 is 5.60 Å². The summed E-state index contributed by atoms with van der Waals surface area (Å²) in [6.07, 6.45) is 2.33. The van der Waals surface area contributed by atoms with Crippen LogP contribution >= 0.6 is 35.8 Å². The molecule has 1 atom stereocenters. The van der Waals surface area contributed by atoms with Gasteiger partial charge in [-0.3, -0.25) is 4.79 Å². The van der Waals surface area contributed by atoms with Crippen LogP contribution in [-0.4, -0.2) is 37.5 Å². The number of fused-ring (bicyclic) bond motifs is 1. The van der Waals surface area contributed by atoms with Crippen molar-refractivity contribution >= 4 is 41.7 Å². The number of amides is 1. The van der Waals surface area contributed by atoms with E-state index in [0.717, 1.165) is 30.8 Å². The minimum atomic E-state index is -0.700. The number of carbonyl (C=O) groups excluding carboxylic acids is 1. The number of benzene rings is 1. The number of rotatable bonds is 3. The lowest BCUT2D eigenvalue weighted by atomic mass is 9.90. The quantitative estimate of drug-likeness (QED) is 0.850. The Hall–Kier alpha value is -0.460. The zero-order valence-electron chi connectivity index (χ0n) is 13.1. The summed E-state index contributed by atoms with van der Waals surface area (Å²) in [4.78, 5) is 14.0. The predicted octanol–water partition coefficient (Wildman–Crippen LogP) is 3.18. The number of methoxy groups -OCH3 is 1. The third kappa shape index (κ3) is 3.97. The monoisotopic (exact) mass is 376 g/mol. The minimum absolute atomic E-state index is 0. The Morgan fingerprint density at radius 1 is 1.43 bits per heavy atom. The second kappa shape index (κ2) is 8.08. The average Bonchev–Trinajstić information content (AvgIpc) is 2.56. The normalized spacial score (nSPS) is 22.6. The van der Waals surface area contributed by atoms with Crippen LogP contribution in [0.4, 0.5) is 0 Å². The molecule has 1 aromatic carbocycles. The van der Waals surface area contributed by atoms with Crippen LogP contribution in [0.5, 0.6) is 0 Å². The van der Waals surface area contributed by atoms with E-state index in [1.54, 1.807) is 7.11 Å². The van der Waals surface area contributed by atoms with Gasteiger partial charge in [0.1, 0.15) is 5.60 Å². The molecule has 0 aromatic heterocycles. The van der Waals surface area contributed by atoms with Crippen molar-refractivity contribution in [3.8, 4) is 0 Å². The molecule has 128 valence electrons. The first-order chi connectivity index (χ1) is 10.6. The van der Waals surface area contributed by atoms with Gasteiger partial charge in [0.15, 0.2) is 0 Å². The Morgan fingerprint density at radius 2 is 2.17 bits per heavy atom. The topological polar surface area (TPSA) is 50.4 Å². The number of thioether (sulfide) groups is 1. The van der Waals surface area contributed by atoms with Gasteiger partial charge in [-0.1, -0.05) is 11.6 Å². The van der Waals surface area contributed by atoms with Gasteiger partial charge in [-0.05, 0) is 56.1 Å². The highest BCUT2D eigenvalue weighted by Gasteiger charge is 2.41. The fraction of sp³-hybridized carbons (Fsp3) is 0.562. The second-order valence-corrected chi connectivity index (χ2v) is 7.37. The third-order valence-electron chi connectivity index (χ3n) is 4.53. The molecule has 23 heavy (non-hydrogen) atoms. The lowest BCUT2D eigenvalue weighted by Gasteiger charge is -2.37. The Bertz CT molecular complexity index is 565. The highest BCUT2D eigenvalue weighted by atomic mass is 35.5. The van der Waals surface area contributed by atoms with E-state index in [-0.39, 0.29) is 24.4 Å². The van der Waals surface area contributed by atoms with E-state index in [0.29, 0.717) is 17.9 Å². The molecule has 0 saturated carbocycles. The molecule has 1 unspecified atom stereocenters. The highest BCUT2D eigenvalue weighted by Crippen LogP contribution is 2.38. The molecule has 2 N–H and O–H groups in total. The number of halogens is 2. The van der Waals surface area contributed by atoms with Gasteiger partial charge in [0, 0.05) is 22.8 Å². The zero-order chi connectivity index (χ0) is 15.6. The molecule has 0 radical (unpaired) electrons. The van der Waals surface area contributed by atoms with Crippen molar-refractivity contribution in [2.75, 3.05) is 26.0 Å². The molecule has 0 spiro atoms. The number of hydrogen-bond donors (Lipinski definition) is 2. The van der Waals surface area contributed by atoms with E-state index in [9.17, 15) is 4.79 Å². The molecular weight excluding hydrogens is 355 g/mol. The number of carbonyl (C=O) groups is 1. The van der Waals surface area contributed by atoms with Crippen molar-refractivity contribution in [1.29, 1.82) is 0 Å². The Kier molecular flexibility index (Phi) is 6.63. The summed E-state index contributed by atoms with van der Waals surface area (Å²) in [5, 5.41) is 7.19. The standard InChI is InChI=1S/C16H21ClN2O2S.ClH/c1-21-16(5-7-18-8-6-16)15(20)19-13-4-9-22-14-3-2-11(17)10-12(13)14;/h2-3,10,13,18H,4-9H2,1H3,(H,19,20);1H. The SMILES string of the molecule is COC1(C(=O)NC2CCSc3ccc(Cl)cc32)CCNCC1.Cl. The molecule has 1 aromatic rings. The van der Waals surface area contributed by atoms with Gasteiger partial charge in [0.05, 0.1) is 6.04 Å². The van der Waals surface area contributed by atoms with Crippen LogP contribution in [0.2, 0.25) is 5.02 Å².